The molecular formula is C11H8Cl2N4. The summed E-state index contributed by atoms with van der Waals surface area (Å²) in [5.74, 6) is 0. The Morgan fingerprint density at radius 3 is 2.35 bits per heavy atom. The lowest BCUT2D eigenvalue weighted by Crippen LogP contribution is -1.94. The van der Waals surface area contributed by atoms with Crippen molar-refractivity contribution in [3.05, 3.63) is 52.5 Å². The van der Waals surface area contributed by atoms with E-state index in [4.69, 9.17) is 23.2 Å². The lowest BCUT2D eigenvalue weighted by Gasteiger charge is -2.00. The number of rotatable bonds is 3. The number of nitrogens with zero attached hydrogens (tertiary/aromatic N) is 3. The maximum Gasteiger partial charge on any atom is 0.142 e. The van der Waals surface area contributed by atoms with Crippen molar-refractivity contribution in [1.82, 2.24) is 9.97 Å². The second kappa shape index (κ2) is 5.61. The van der Waals surface area contributed by atoms with E-state index in [1.807, 2.05) is 30.3 Å². The third-order valence-corrected chi connectivity index (χ3v) is 2.55. The number of hydrazone groups is 1. The fourth-order valence-corrected chi connectivity index (χ4v) is 1.56. The molecule has 0 aliphatic rings. The average Bonchev–Trinajstić information content (AvgIpc) is 2.34. The first kappa shape index (κ1) is 11.8. The molecule has 0 unspecified atom stereocenters. The number of para-hydroxylation sites is 1. The summed E-state index contributed by atoms with van der Waals surface area (Å²) in [5, 5.41) is 4.54. The molecule has 1 aromatic heterocycles. The molecule has 2 aromatic rings. The minimum Gasteiger partial charge on any atom is -0.279 e. The monoisotopic (exact) mass is 266 g/mol. The highest BCUT2D eigenvalue weighted by Crippen LogP contribution is 2.17. The van der Waals surface area contributed by atoms with Crippen LogP contribution in [0.2, 0.25) is 10.3 Å². The molecule has 0 saturated carbocycles. The Morgan fingerprint density at radius 2 is 1.71 bits per heavy atom. The molecular weight excluding hydrogens is 259 g/mol. The van der Waals surface area contributed by atoms with Gasteiger partial charge in [0.15, 0.2) is 0 Å². The van der Waals surface area contributed by atoms with Gasteiger partial charge in [-0.2, -0.15) is 5.10 Å². The number of aromatic nitrogens is 2. The van der Waals surface area contributed by atoms with Crippen molar-refractivity contribution in [2.75, 3.05) is 5.43 Å². The molecule has 17 heavy (non-hydrogen) atoms. The molecule has 1 heterocycles. The Morgan fingerprint density at radius 1 is 1.06 bits per heavy atom. The van der Waals surface area contributed by atoms with Gasteiger partial charge in [0.2, 0.25) is 0 Å². The summed E-state index contributed by atoms with van der Waals surface area (Å²) >= 11 is 11.7. The normalized spacial score (nSPS) is 10.7. The molecule has 0 saturated heterocycles. The van der Waals surface area contributed by atoms with E-state index >= 15 is 0 Å². The van der Waals surface area contributed by atoms with Crippen LogP contribution in [0.15, 0.2) is 41.8 Å². The van der Waals surface area contributed by atoms with Crippen LogP contribution in [-0.4, -0.2) is 16.2 Å². The minimum atomic E-state index is 0.267. The van der Waals surface area contributed by atoms with Crippen LogP contribution in [0.25, 0.3) is 0 Å². The zero-order valence-electron chi connectivity index (χ0n) is 8.64. The van der Waals surface area contributed by atoms with E-state index in [2.05, 4.69) is 20.5 Å². The SMILES string of the molecule is Clc1ncnc(Cl)c1/C=N\Nc1ccccc1. The van der Waals surface area contributed by atoms with Gasteiger partial charge in [-0.15, -0.1) is 0 Å². The van der Waals surface area contributed by atoms with E-state index in [9.17, 15) is 0 Å². The highest BCUT2D eigenvalue weighted by molar-refractivity contribution is 6.37. The second-order valence-corrected chi connectivity index (χ2v) is 3.82. The fraction of sp³-hybridized carbons (Fsp3) is 0. The Hall–Kier alpha value is -1.65. The van der Waals surface area contributed by atoms with Crippen molar-refractivity contribution in [3.63, 3.8) is 0 Å². The quantitative estimate of drug-likeness (QED) is 0.527. The summed E-state index contributed by atoms with van der Waals surface area (Å²) < 4.78 is 0. The smallest absolute Gasteiger partial charge is 0.142 e. The van der Waals surface area contributed by atoms with E-state index in [1.165, 1.54) is 12.5 Å². The molecule has 2 rings (SSSR count). The first-order valence-corrected chi connectivity index (χ1v) is 5.53. The molecule has 0 fully saturated rings. The summed E-state index contributed by atoms with van der Waals surface area (Å²) in [6.45, 7) is 0. The maximum absolute atomic E-state index is 5.86. The number of nitrogens with one attached hydrogen (secondary N) is 1. The molecule has 1 aromatic carbocycles. The molecule has 1 N–H and O–H groups in total. The van der Waals surface area contributed by atoms with Gasteiger partial charge >= 0.3 is 0 Å². The zero-order valence-corrected chi connectivity index (χ0v) is 10.2. The summed E-state index contributed by atoms with van der Waals surface area (Å²) in [6.07, 6.45) is 2.78. The summed E-state index contributed by atoms with van der Waals surface area (Å²) in [5.41, 5.74) is 4.20. The van der Waals surface area contributed by atoms with Crippen LogP contribution in [0.4, 0.5) is 5.69 Å². The number of benzene rings is 1. The van der Waals surface area contributed by atoms with E-state index in [0.29, 0.717) is 5.56 Å². The summed E-state index contributed by atoms with van der Waals surface area (Å²) in [6, 6.07) is 9.52. The lowest BCUT2D eigenvalue weighted by molar-refractivity contribution is 1.16. The van der Waals surface area contributed by atoms with Crippen molar-refractivity contribution in [1.29, 1.82) is 0 Å². The number of hydrogen-bond donors (Lipinski definition) is 1. The highest BCUT2D eigenvalue weighted by atomic mass is 35.5. The highest BCUT2D eigenvalue weighted by Gasteiger charge is 2.04. The lowest BCUT2D eigenvalue weighted by atomic mass is 10.3. The van der Waals surface area contributed by atoms with Gasteiger partial charge in [0.25, 0.3) is 0 Å². The standard InChI is InChI=1S/C11H8Cl2N4/c12-10-9(11(13)15-7-14-10)6-16-17-8-4-2-1-3-5-8/h1-7,17H/b16-6-. The predicted molar refractivity (Wildman–Crippen MR) is 69.7 cm³/mol. The van der Waals surface area contributed by atoms with Crippen LogP contribution in [0.5, 0.6) is 0 Å². The molecule has 0 amide bonds. The van der Waals surface area contributed by atoms with Crippen molar-refractivity contribution >= 4 is 35.1 Å². The van der Waals surface area contributed by atoms with Crippen molar-refractivity contribution in [2.24, 2.45) is 5.10 Å². The average molecular weight is 267 g/mol. The Bertz CT molecular complexity index is 508. The van der Waals surface area contributed by atoms with Gasteiger partial charge in [-0.1, -0.05) is 41.4 Å². The Balaban J connectivity index is 2.11. The summed E-state index contributed by atoms with van der Waals surface area (Å²) in [4.78, 5) is 7.63. The van der Waals surface area contributed by atoms with Crippen LogP contribution < -0.4 is 5.43 Å². The van der Waals surface area contributed by atoms with E-state index < -0.39 is 0 Å². The molecule has 86 valence electrons. The number of anilines is 1. The second-order valence-electron chi connectivity index (χ2n) is 3.10. The van der Waals surface area contributed by atoms with Gasteiger partial charge in [0.05, 0.1) is 17.5 Å². The van der Waals surface area contributed by atoms with Crippen LogP contribution in [0.1, 0.15) is 5.56 Å². The third kappa shape index (κ3) is 3.15. The van der Waals surface area contributed by atoms with Crippen LogP contribution >= 0.6 is 23.2 Å². The Kier molecular flexibility index (Phi) is 3.90. The molecule has 0 spiro atoms. The van der Waals surface area contributed by atoms with Gasteiger partial charge in [-0.3, -0.25) is 5.43 Å². The molecule has 0 aliphatic carbocycles. The molecule has 0 aliphatic heterocycles. The third-order valence-electron chi connectivity index (χ3n) is 1.95. The first-order valence-electron chi connectivity index (χ1n) is 4.77. The molecule has 4 nitrogen and oxygen atoms in total. The molecule has 0 radical (unpaired) electrons. The van der Waals surface area contributed by atoms with E-state index in [1.54, 1.807) is 0 Å². The van der Waals surface area contributed by atoms with Gasteiger partial charge in [-0.25, -0.2) is 9.97 Å². The predicted octanol–water partition coefficient (Wildman–Crippen LogP) is 3.23. The number of halogens is 2. The topological polar surface area (TPSA) is 50.2 Å². The van der Waals surface area contributed by atoms with Gasteiger partial charge < -0.3 is 0 Å². The van der Waals surface area contributed by atoms with E-state index in [-0.39, 0.29) is 10.3 Å². The van der Waals surface area contributed by atoms with Gasteiger partial charge in [0, 0.05) is 0 Å². The zero-order chi connectivity index (χ0) is 12.1. The molecule has 0 atom stereocenters. The van der Waals surface area contributed by atoms with Gasteiger partial charge in [0.1, 0.15) is 16.6 Å². The number of hydrogen-bond acceptors (Lipinski definition) is 4. The van der Waals surface area contributed by atoms with Crippen LogP contribution in [-0.2, 0) is 0 Å². The summed E-state index contributed by atoms with van der Waals surface area (Å²) in [7, 11) is 0. The minimum absolute atomic E-state index is 0.267. The molecule has 0 bridgehead atoms. The van der Waals surface area contributed by atoms with Gasteiger partial charge in [-0.05, 0) is 12.1 Å². The fourth-order valence-electron chi connectivity index (χ4n) is 1.15. The van der Waals surface area contributed by atoms with Crippen molar-refractivity contribution in [2.45, 2.75) is 0 Å². The maximum atomic E-state index is 5.86. The first-order chi connectivity index (χ1) is 8.27. The van der Waals surface area contributed by atoms with E-state index in [0.717, 1.165) is 5.69 Å². The van der Waals surface area contributed by atoms with Crippen molar-refractivity contribution < 1.29 is 0 Å². The molecule has 6 heteroatoms. The Labute approximate surface area is 108 Å². The van der Waals surface area contributed by atoms with Crippen LogP contribution in [0, 0.1) is 0 Å². The van der Waals surface area contributed by atoms with Crippen molar-refractivity contribution in [3.8, 4) is 0 Å². The largest absolute Gasteiger partial charge is 0.279 e. The van der Waals surface area contributed by atoms with Crippen LogP contribution in [0.3, 0.4) is 0 Å².